The lowest BCUT2D eigenvalue weighted by Gasteiger charge is -1.97. The van der Waals surface area contributed by atoms with Gasteiger partial charge in [0.2, 0.25) is 0 Å². The molecule has 0 aliphatic heterocycles. The van der Waals surface area contributed by atoms with Gasteiger partial charge in [-0.3, -0.25) is 9.78 Å². The van der Waals surface area contributed by atoms with E-state index in [4.69, 9.17) is 0 Å². The van der Waals surface area contributed by atoms with E-state index in [1.165, 1.54) is 4.88 Å². The second kappa shape index (κ2) is 5.03. The Morgan fingerprint density at radius 1 is 1.31 bits per heavy atom. The zero-order chi connectivity index (χ0) is 11.4. The van der Waals surface area contributed by atoms with E-state index in [2.05, 4.69) is 11.9 Å². The van der Waals surface area contributed by atoms with Crippen LogP contribution in [0.4, 0.5) is 0 Å². The molecule has 0 unspecified atom stereocenters. The second-order valence-corrected chi connectivity index (χ2v) is 4.71. The molecule has 16 heavy (non-hydrogen) atoms. The molecule has 0 spiro atoms. The molecular formula is C13H13NOS. The highest BCUT2D eigenvalue weighted by atomic mass is 32.1. The Hall–Kier alpha value is -1.48. The third-order valence-electron chi connectivity index (χ3n) is 2.35. The molecule has 0 radical (unpaired) electrons. The lowest BCUT2D eigenvalue weighted by molar-refractivity contribution is 0.0996. The maximum Gasteiger partial charge on any atom is 0.178 e. The molecule has 0 amide bonds. The minimum atomic E-state index is 0.156. The van der Waals surface area contributed by atoms with E-state index in [0.717, 1.165) is 17.0 Å². The topological polar surface area (TPSA) is 30.0 Å². The third kappa shape index (κ3) is 2.55. The van der Waals surface area contributed by atoms with Gasteiger partial charge >= 0.3 is 0 Å². The molecule has 2 nitrogen and oxygen atoms in total. The average molecular weight is 231 g/mol. The fraction of sp³-hybridized carbons (Fsp3) is 0.231. The molecule has 2 rings (SSSR count). The largest absolute Gasteiger partial charge is 0.293 e. The Labute approximate surface area is 99.0 Å². The number of aromatic nitrogens is 1. The van der Waals surface area contributed by atoms with Crippen LogP contribution in [-0.2, 0) is 12.8 Å². The summed E-state index contributed by atoms with van der Waals surface area (Å²) < 4.78 is 0. The van der Waals surface area contributed by atoms with Crippen LogP contribution in [0.1, 0.15) is 27.2 Å². The zero-order valence-electron chi connectivity index (χ0n) is 9.14. The summed E-state index contributed by atoms with van der Waals surface area (Å²) in [5.74, 6) is 0.156. The smallest absolute Gasteiger partial charge is 0.178 e. The highest BCUT2D eigenvalue weighted by molar-refractivity contribution is 7.14. The van der Waals surface area contributed by atoms with Crippen molar-refractivity contribution in [3.63, 3.8) is 0 Å². The van der Waals surface area contributed by atoms with Crippen LogP contribution in [-0.4, -0.2) is 10.8 Å². The van der Waals surface area contributed by atoms with Gasteiger partial charge in [-0.05, 0) is 30.7 Å². The van der Waals surface area contributed by atoms with Crippen molar-refractivity contribution in [1.82, 2.24) is 4.98 Å². The summed E-state index contributed by atoms with van der Waals surface area (Å²) in [5.41, 5.74) is 0.832. The summed E-state index contributed by atoms with van der Waals surface area (Å²) in [5, 5.41) is 0. The maximum atomic E-state index is 11.9. The SMILES string of the molecule is CCc1ccc(C(=O)Cc2ccccn2)s1. The number of rotatable bonds is 4. The van der Waals surface area contributed by atoms with E-state index >= 15 is 0 Å². The number of carbonyl (C=O) groups is 1. The van der Waals surface area contributed by atoms with E-state index in [0.29, 0.717) is 6.42 Å². The lowest BCUT2D eigenvalue weighted by Crippen LogP contribution is -2.02. The Morgan fingerprint density at radius 2 is 2.19 bits per heavy atom. The number of nitrogens with zero attached hydrogens (tertiary/aromatic N) is 1. The fourth-order valence-corrected chi connectivity index (χ4v) is 2.36. The van der Waals surface area contributed by atoms with E-state index in [1.54, 1.807) is 17.5 Å². The van der Waals surface area contributed by atoms with Gasteiger partial charge in [0.05, 0.1) is 11.3 Å². The van der Waals surface area contributed by atoms with Crippen molar-refractivity contribution in [2.24, 2.45) is 0 Å². The van der Waals surface area contributed by atoms with E-state index in [9.17, 15) is 4.79 Å². The van der Waals surface area contributed by atoms with E-state index in [1.807, 2.05) is 30.3 Å². The van der Waals surface area contributed by atoms with Gasteiger partial charge in [-0.1, -0.05) is 13.0 Å². The Kier molecular flexibility index (Phi) is 3.47. The lowest BCUT2D eigenvalue weighted by atomic mass is 10.2. The quantitative estimate of drug-likeness (QED) is 0.757. The number of hydrogen-bond donors (Lipinski definition) is 0. The van der Waals surface area contributed by atoms with Crippen LogP contribution in [0.3, 0.4) is 0 Å². The molecule has 0 saturated heterocycles. The van der Waals surface area contributed by atoms with Crippen molar-refractivity contribution >= 4 is 17.1 Å². The predicted molar refractivity (Wildman–Crippen MR) is 66.0 cm³/mol. The molecule has 82 valence electrons. The molecule has 3 heteroatoms. The molecule has 2 aromatic rings. The first-order valence-electron chi connectivity index (χ1n) is 5.31. The normalized spacial score (nSPS) is 10.3. The van der Waals surface area contributed by atoms with Crippen molar-refractivity contribution in [3.05, 3.63) is 52.0 Å². The second-order valence-electron chi connectivity index (χ2n) is 3.54. The van der Waals surface area contributed by atoms with Gasteiger partial charge in [0.1, 0.15) is 0 Å². The van der Waals surface area contributed by atoms with Crippen LogP contribution in [0.2, 0.25) is 0 Å². The van der Waals surface area contributed by atoms with Crippen molar-refractivity contribution < 1.29 is 4.79 Å². The number of carbonyl (C=O) groups excluding carboxylic acids is 1. The molecule has 0 atom stereocenters. The van der Waals surface area contributed by atoms with Gasteiger partial charge in [0, 0.05) is 16.8 Å². The van der Waals surface area contributed by atoms with Gasteiger partial charge in [0.25, 0.3) is 0 Å². The first kappa shape index (κ1) is 11.0. The highest BCUT2D eigenvalue weighted by Gasteiger charge is 2.09. The molecule has 0 saturated carbocycles. The summed E-state index contributed by atoms with van der Waals surface area (Å²) in [7, 11) is 0. The summed E-state index contributed by atoms with van der Waals surface area (Å²) in [6.07, 6.45) is 3.10. The molecule has 0 aliphatic carbocycles. The summed E-state index contributed by atoms with van der Waals surface area (Å²) in [6, 6.07) is 9.58. The van der Waals surface area contributed by atoms with Gasteiger partial charge < -0.3 is 0 Å². The average Bonchev–Trinajstić information content (AvgIpc) is 2.79. The molecule has 0 aromatic carbocycles. The van der Waals surface area contributed by atoms with Gasteiger partial charge in [0.15, 0.2) is 5.78 Å². The molecule has 2 heterocycles. The molecule has 0 fully saturated rings. The van der Waals surface area contributed by atoms with E-state index < -0.39 is 0 Å². The van der Waals surface area contributed by atoms with Crippen LogP contribution < -0.4 is 0 Å². The van der Waals surface area contributed by atoms with Crippen molar-refractivity contribution in [1.29, 1.82) is 0 Å². The monoisotopic (exact) mass is 231 g/mol. The summed E-state index contributed by atoms with van der Waals surface area (Å²) in [6.45, 7) is 2.10. The van der Waals surface area contributed by atoms with Crippen LogP contribution in [0, 0.1) is 0 Å². The number of aryl methyl sites for hydroxylation is 1. The molecule has 0 N–H and O–H groups in total. The summed E-state index contributed by atoms with van der Waals surface area (Å²) in [4.78, 5) is 18.2. The predicted octanol–water partition coefficient (Wildman–Crippen LogP) is 3.13. The van der Waals surface area contributed by atoms with Crippen LogP contribution in [0.5, 0.6) is 0 Å². The zero-order valence-corrected chi connectivity index (χ0v) is 9.96. The van der Waals surface area contributed by atoms with Gasteiger partial charge in [-0.25, -0.2) is 0 Å². The fourth-order valence-electron chi connectivity index (χ4n) is 1.47. The number of ketones is 1. The van der Waals surface area contributed by atoms with Crippen molar-refractivity contribution in [2.75, 3.05) is 0 Å². The van der Waals surface area contributed by atoms with Crippen LogP contribution in [0.25, 0.3) is 0 Å². The first-order valence-corrected chi connectivity index (χ1v) is 6.13. The Balaban J connectivity index is 2.09. The van der Waals surface area contributed by atoms with Gasteiger partial charge in [-0.2, -0.15) is 0 Å². The molecule has 0 bridgehead atoms. The number of hydrogen-bond acceptors (Lipinski definition) is 3. The van der Waals surface area contributed by atoms with Crippen molar-refractivity contribution in [3.8, 4) is 0 Å². The third-order valence-corrected chi connectivity index (χ3v) is 3.62. The minimum absolute atomic E-state index is 0.156. The Bertz CT molecular complexity index is 476. The van der Waals surface area contributed by atoms with Crippen LogP contribution >= 0.6 is 11.3 Å². The highest BCUT2D eigenvalue weighted by Crippen LogP contribution is 2.18. The molecule has 0 aliphatic rings. The molecular weight excluding hydrogens is 218 g/mol. The standard InChI is InChI=1S/C13H13NOS/c1-2-11-6-7-13(16-11)12(15)9-10-5-3-4-8-14-10/h3-8H,2,9H2,1H3. The summed E-state index contributed by atoms with van der Waals surface area (Å²) >= 11 is 1.58. The number of Topliss-reactive ketones (excluding diaryl/α,β-unsaturated/α-hetero) is 1. The van der Waals surface area contributed by atoms with E-state index in [-0.39, 0.29) is 5.78 Å². The van der Waals surface area contributed by atoms with Crippen molar-refractivity contribution in [2.45, 2.75) is 19.8 Å². The van der Waals surface area contributed by atoms with Gasteiger partial charge in [-0.15, -0.1) is 11.3 Å². The van der Waals surface area contributed by atoms with Crippen LogP contribution in [0.15, 0.2) is 36.5 Å². The number of thiophene rings is 1. The first-order chi connectivity index (χ1) is 7.79. The minimum Gasteiger partial charge on any atom is -0.293 e. The number of pyridine rings is 1. The molecule has 2 aromatic heterocycles. The Morgan fingerprint density at radius 3 is 2.81 bits per heavy atom. The maximum absolute atomic E-state index is 11.9.